The number of aliphatic hydroxyl groups is 2. The van der Waals surface area contributed by atoms with E-state index in [9.17, 15) is 62.1 Å². The third kappa shape index (κ3) is 15.0. The van der Waals surface area contributed by atoms with Crippen LogP contribution in [-0.2, 0) is 40.5 Å². The van der Waals surface area contributed by atoms with Gasteiger partial charge < -0.3 is 29.7 Å². The van der Waals surface area contributed by atoms with Gasteiger partial charge in [0.25, 0.3) is 40.5 Å². The van der Waals surface area contributed by atoms with Gasteiger partial charge in [-0.05, 0) is 90.3 Å². The van der Waals surface area contributed by atoms with Gasteiger partial charge in [0.15, 0.2) is 11.8 Å². The van der Waals surface area contributed by atoms with Crippen LogP contribution < -0.4 is 31.9 Å². The van der Waals surface area contributed by atoms with E-state index in [0.717, 1.165) is 36.4 Å². The highest BCUT2D eigenvalue weighted by Gasteiger charge is 2.24. The van der Waals surface area contributed by atoms with Crippen molar-refractivity contribution in [2.24, 2.45) is 50.4 Å². The Hall–Kier alpha value is -9.76. The summed E-state index contributed by atoms with van der Waals surface area (Å²) in [6, 6.07) is 21.1. The van der Waals surface area contributed by atoms with Crippen molar-refractivity contribution < 1.29 is 71.6 Å². The molecular weight excluding hydrogens is 1290 g/mol. The van der Waals surface area contributed by atoms with Crippen LogP contribution in [0.5, 0.6) is 11.5 Å². The lowest BCUT2D eigenvalue weighted by Crippen LogP contribution is -2.27. The molecule has 0 spiro atoms. The van der Waals surface area contributed by atoms with Crippen LogP contribution in [0.25, 0.3) is 21.5 Å². The number of H-pyrrole nitrogens is 4. The number of aromatic amines is 4. The van der Waals surface area contributed by atoms with Gasteiger partial charge in [0.05, 0.1) is 48.3 Å². The summed E-state index contributed by atoms with van der Waals surface area (Å²) in [5.74, 6) is -0.867. The normalized spacial score (nSPS) is 13.9. The second-order valence-corrected chi connectivity index (χ2v) is 24.5. The molecule has 0 aliphatic heterocycles. The number of nitrogens with zero attached hydrogens (tertiary/aromatic N) is 12. The molecule has 2 aromatic heterocycles. The molecule has 0 unspecified atom stereocenters. The minimum Gasteiger partial charge on any atom is -0.497 e. The number of aromatic nitrogens is 6. The number of nitrogens with one attached hydrogen (secondary N) is 4. The largest absolute Gasteiger partial charge is 0.497 e. The first-order valence-corrected chi connectivity index (χ1v) is 31.2. The predicted molar refractivity (Wildman–Crippen MR) is 320 cm³/mol. The third-order valence-corrected chi connectivity index (χ3v) is 16.0. The Morgan fingerprint density at radius 2 is 0.854 bits per heavy atom. The predicted octanol–water partition coefficient (Wildman–Crippen LogP) is 9.69. The zero-order valence-corrected chi connectivity index (χ0v) is 50.6. The van der Waals surface area contributed by atoms with Gasteiger partial charge in [-0.1, -0.05) is 36.4 Å². The maximum atomic E-state index is 12.4. The number of methoxy groups -OCH3 is 2. The molecule has 0 aliphatic rings. The zero-order chi connectivity index (χ0) is 64.5. The van der Waals surface area contributed by atoms with Gasteiger partial charge in [-0.3, -0.25) is 28.2 Å². The van der Waals surface area contributed by atoms with Crippen molar-refractivity contribution in [1.82, 2.24) is 29.9 Å². The summed E-state index contributed by atoms with van der Waals surface area (Å²) in [4.78, 5) is 43.8. The number of fused-ring (bicyclic) bond motifs is 2. The molecule has 10 N–H and O–H groups in total. The topological polar surface area (TPSA) is 489 Å². The number of para-hydroxylation sites is 1. The average Bonchev–Trinajstić information content (AvgIpc) is 1.05. The van der Waals surface area contributed by atoms with E-state index < -0.39 is 71.8 Å². The Morgan fingerprint density at radius 1 is 0.449 bits per heavy atom. The van der Waals surface area contributed by atoms with E-state index in [0.29, 0.717) is 5.56 Å². The minimum atomic E-state index is -4.99. The van der Waals surface area contributed by atoms with Crippen molar-refractivity contribution in [2.45, 2.75) is 40.4 Å². The first-order valence-electron chi connectivity index (χ1n) is 24.7. The number of azo groups is 2. The van der Waals surface area contributed by atoms with E-state index in [1.54, 1.807) is 25.1 Å². The number of benzene rings is 7. The highest BCUT2D eigenvalue weighted by Crippen LogP contribution is 2.43. The van der Waals surface area contributed by atoms with Crippen molar-refractivity contribution in [3.8, 4) is 11.5 Å². The fourth-order valence-electron chi connectivity index (χ4n) is 8.44. The molecule has 7 aromatic carbocycles. The molecule has 32 nitrogen and oxygen atoms in total. The SMILES string of the molecule is COc1cc(N=Nc2cc(S(=O)(=O)O)c3cccc(S(=O)(=O)O)c3c2)c(N=C(C)O)cc1N=c1nc(Cl)[nH]c(=Nc2c(C)cccc2N=c2nc(Cl)[nH]c(=Nc3cc(N=C(C)O)c(N=Nc4cc(S(=O)(=O)O)c5cccc(S(=O)(=O)O)c5c4)cc3OC)[nH]2)[nH]1. The second kappa shape index (κ2) is 25.1. The lowest BCUT2D eigenvalue weighted by molar-refractivity contribution is 0.416. The van der Waals surface area contributed by atoms with Crippen LogP contribution in [0.15, 0.2) is 173 Å². The first-order chi connectivity index (χ1) is 41.8. The lowest BCUT2D eigenvalue weighted by Gasteiger charge is -2.10. The summed E-state index contributed by atoms with van der Waals surface area (Å²) in [5, 5.41) is 35.5. The summed E-state index contributed by atoms with van der Waals surface area (Å²) >= 11 is 13.0. The molecule has 0 amide bonds. The monoisotopic (exact) mass is 1330 g/mol. The van der Waals surface area contributed by atoms with Gasteiger partial charge in [-0.15, -0.1) is 10.2 Å². The maximum absolute atomic E-state index is 12.4. The number of aryl methyl sites for hydroxylation is 1. The van der Waals surface area contributed by atoms with Gasteiger partial charge in [0.2, 0.25) is 33.0 Å². The third-order valence-electron chi connectivity index (χ3n) is 12.0. The number of hydrogen-bond acceptors (Lipinski definition) is 22. The molecule has 9 rings (SSSR count). The molecule has 0 atom stereocenters. The van der Waals surface area contributed by atoms with Crippen LogP contribution in [0.4, 0.5) is 56.9 Å². The van der Waals surface area contributed by atoms with Gasteiger partial charge in [0.1, 0.15) is 53.8 Å². The van der Waals surface area contributed by atoms with Crippen molar-refractivity contribution in [3.05, 3.63) is 142 Å². The molecule has 0 fully saturated rings. The summed E-state index contributed by atoms with van der Waals surface area (Å²) < 4.78 is 150. The highest BCUT2D eigenvalue weighted by atomic mass is 35.5. The van der Waals surface area contributed by atoms with Gasteiger partial charge in [0, 0.05) is 47.5 Å². The fourth-order valence-corrected chi connectivity index (χ4v) is 11.6. The van der Waals surface area contributed by atoms with Gasteiger partial charge in [-0.2, -0.15) is 53.9 Å². The van der Waals surface area contributed by atoms with Crippen LogP contribution in [0.3, 0.4) is 0 Å². The second-order valence-electron chi connectivity index (χ2n) is 18.3. The van der Waals surface area contributed by atoms with Gasteiger partial charge in [-0.25, -0.2) is 30.0 Å². The number of hydrogen-bond donors (Lipinski definition) is 10. The molecule has 0 radical (unpaired) electrons. The summed E-state index contributed by atoms with van der Waals surface area (Å²) in [6.07, 6.45) is 0. The molecule has 0 saturated heterocycles. The Labute approximate surface area is 510 Å². The maximum Gasteiger partial charge on any atom is 0.295 e. The van der Waals surface area contributed by atoms with E-state index in [1.807, 2.05) is 0 Å². The van der Waals surface area contributed by atoms with Crippen molar-refractivity contribution >= 4 is 154 Å². The van der Waals surface area contributed by atoms with Crippen molar-refractivity contribution in [3.63, 3.8) is 0 Å². The molecule has 0 aliphatic carbocycles. The molecule has 460 valence electrons. The smallest absolute Gasteiger partial charge is 0.295 e. The number of aliphatic imine (C=N–C) groups is 2. The Balaban J connectivity index is 1.09. The quantitative estimate of drug-likeness (QED) is 0.0186. The average molecular weight is 1330 g/mol. The Morgan fingerprint density at radius 3 is 1.27 bits per heavy atom. The van der Waals surface area contributed by atoms with Gasteiger partial charge >= 0.3 is 0 Å². The molecule has 0 saturated carbocycles. The number of rotatable bonds is 16. The summed E-state index contributed by atoms with van der Waals surface area (Å²) in [6.45, 7) is 4.24. The molecule has 0 bridgehead atoms. The van der Waals surface area contributed by atoms with Crippen molar-refractivity contribution in [2.75, 3.05) is 14.2 Å². The Kier molecular flexibility index (Phi) is 18.0. The van der Waals surface area contributed by atoms with Crippen LogP contribution in [0, 0.1) is 6.92 Å². The molecular formula is C51H42Cl2N16O16S4. The van der Waals surface area contributed by atoms with Crippen LogP contribution in [-0.4, -0.2) is 118 Å². The van der Waals surface area contributed by atoms with Crippen LogP contribution >= 0.6 is 23.2 Å². The molecule has 9 aromatic rings. The van der Waals surface area contributed by atoms with Crippen LogP contribution in [0.1, 0.15) is 19.4 Å². The van der Waals surface area contributed by atoms with E-state index in [2.05, 4.69) is 75.3 Å². The summed E-state index contributed by atoms with van der Waals surface area (Å²) in [7, 11) is -17.2. The fraction of sp³-hybridized carbons (Fsp3) is 0.0980. The molecule has 38 heteroatoms. The van der Waals surface area contributed by atoms with E-state index in [1.165, 1.54) is 76.6 Å². The van der Waals surface area contributed by atoms with E-state index in [4.69, 9.17) is 37.7 Å². The Bertz CT molecular complexity index is 5350. The highest BCUT2D eigenvalue weighted by molar-refractivity contribution is 7.87. The lowest BCUT2D eigenvalue weighted by atomic mass is 10.1. The van der Waals surface area contributed by atoms with Crippen LogP contribution in [0.2, 0.25) is 10.6 Å². The molecule has 89 heavy (non-hydrogen) atoms. The summed E-state index contributed by atoms with van der Waals surface area (Å²) in [5.41, 5.74) is -0.184. The standard InChI is InChI=1S/C51H42Cl2N16O16S4/c1-23-9-6-12-32(56-48-60-46(52)61-49(64-48)57-37-19-33(54-24(2)70)35(21-39(37)84-4)68-66-26-15-30-28(43(17-26)88(78,79)80)10-7-13-41(30)86(72,73)74)45(23)59-51-63-47(53)62-50(65-51)58-38-20-34(55-25(3)71)36(22-40(38)85-5)69-67-27-16-31-29(44(18-27)89(81,82)83)11-8-14-42(31)87(75,76)77/h6-22H,1-5H3,(H,54,70)(H,55,71)(H,72,73,74)(H,75,76,77)(H,78,79,80)(H,81,82,83)(H2,56,57,60,61,64)(H2,58,59,62,63,65). The number of ether oxygens (including phenoxy) is 2. The molecule has 2 heterocycles. The minimum absolute atomic E-state index is 0.0126. The zero-order valence-electron chi connectivity index (χ0n) is 45.8. The first kappa shape index (κ1) is 63.7. The van der Waals surface area contributed by atoms with E-state index >= 15 is 0 Å². The van der Waals surface area contributed by atoms with E-state index in [-0.39, 0.29) is 123 Å². The number of aliphatic hydroxyl groups excluding tert-OH is 2. The number of halogens is 2. The van der Waals surface area contributed by atoms with Crippen molar-refractivity contribution in [1.29, 1.82) is 0 Å².